The molecule has 4 rings (SSSR count). The molecule has 0 spiro atoms. The van der Waals surface area contributed by atoms with Crippen LogP contribution in [-0.4, -0.2) is 42.6 Å². The molecular formula is C31H29N5O3S. The van der Waals surface area contributed by atoms with Crippen LogP contribution in [0.2, 0.25) is 0 Å². The second kappa shape index (κ2) is 13.8. The van der Waals surface area contributed by atoms with Crippen molar-refractivity contribution in [3.8, 4) is 0 Å². The van der Waals surface area contributed by atoms with Crippen LogP contribution in [0, 0.1) is 0 Å². The van der Waals surface area contributed by atoms with Gasteiger partial charge in [0.2, 0.25) is 5.91 Å². The molecule has 0 aliphatic carbocycles. The van der Waals surface area contributed by atoms with Gasteiger partial charge in [0.15, 0.2) is 0 Å². The summed E-state index contributed by atoms with van der Waals surface area (Å²) in [6.07, 6.45) is 4.87. The summed E-state index contributed by atoms with van der Waals surface area (Å²) in [4.78, 5) is 45.1. The van der Waals surface area contributed by atoms with Gasteiger partial charge in [-0.05, 0) is 72.3 Å². The topological polar surface area (TPSA) is 103 Å². The molecular weight excluding hydrogens is 522 g/mol. The third-order valence-corrected chi connectivity index (χ3v) is 6.71. The smallest absolute Gasteiger partial charge is 0.272 e. The Morgan fingerprint density at radius 1 is 0.800 bits per heavy atom. The fourth-order valence-corrected chi connectivity index (χ4v) is 4.29. The quantitative estimate of drug-likeness (QED) is 0.183. The Hall–Kier alpha value is -4.89. The monoisotopic (exact) mass is 551 g/mol. The van der Waals surface area contributed by atoms with Gasteiger partial charge in [0.1, 0.15) is 5.70 Å². The molecule has 1 heterocycles. The molecule has 3 aromatic carbocycles. The minimum atomic E-state index is -0.460. The first kappa shape index (κ1) is 28.1. The lowest BCUT2D eigenvalue weighted by atomic mass is 10.1. The van der Waals surface area contributed by atoms with Crippen LogP contribution < -0.4 is 20.9 Å². The highest BCUT2D eigenvalue weighted by atomic mass is 32.2. The summed E-state index contributed by atoms with van der Waals surface area (Å²) in [5, 5.41) is 8.42. The summed E-state index contributed by atoms with van der Waals surface area (Å²) in [6, 6.07) is 27.0. The van der Waals surface area contributed by atoms with Crippen molar-refractivity contribution in [3.05, 3.63) is 120 Å². The standard InChI is InChI=1S/C31H29N5O3S/c1-36(2)26-12-8-22(9-13-26)20-28(35-30(38)23-6-4-3-5-7-23)31(39)34-24-10-14-27(15-11-24)40-21-29(37)33-25-16-18-32-19-17-25/h3-20H,21H2,1-2H3,(H,34,39)(H,35,38)(H,32,33,37)/b28-20-. The number of thioether (sulfide) groups is 1. The number of nitrogens with zero attached hydrogens (tertiary/aromatic N) is 2. The Labute approximate surface area is 237 Å². The molecule has 9 heteroatoms. The molecule has 202 valence electrons. The zero-order chi connectivity index (χ0) is 28.3. The van der Waals surface area contributed by atoms with Crippen molar-refractivity contribution in [2.75, 3.05) is 35.4 Å². The summed E-state index contributed by atoms with van der Waals surface area (Å²) in [6.45, 7) is 0. The average Bonchev–Trinajstić information content (AvgIpc) is 2.97. The highest BCUT2D eigenvalue weighted by molar-refractivity contribution is 8.00. The number of aromatic nitrogens is 1. The van der Waals surface area contributed by atoms with Crippen LogP contribution in [0.5, 0.6) is 0 Å². The van der Waals surface area contributed by atoms with Gasteiger partial charge in [-0.1, -0.05) is 30.3 Å². The first-order chi connectivity index (χ1) is 19.4. The summed E-state index contributed by atoms with van der Waals surface area (Å²) in [5.74, 6) is -0.739. The predicted molar refractivity (Wildman–Crippen MR) is 161 cm³/mol. The molecule has 0 aliphatic rings. The van der Waals surface area contributed by atoms with Crippen molar-refractivity contribution >= 4 is 52.6 Å². The minimum absolute atomic E-state index is 0.109. The number of anilines is 3. The molecule has 0 fully saturated rings. The molecule has 0 aliphatic heterocycles. The molecule has 0 saturated heterocycles. The van der Waals surface area contributed by atoms with Gasteiger partial charge in [0.25, 0.3) is 11.8 Å². The van der Waals surface area contributed by atoms with Gasteiger partial charge >= 0.3 is 0 Å². The van der Waals surface area contributed by atoms with Crippen molar-refractivity contribution in [2.24, 2.45) is 0 Å². The minimum Gasteiger partial charge on any atom is -0.378 e. The van der Waals surface area contributed by atoms with Crippen LogP contribution in [0.3, 0.4) is 0 Å². The number of benzene rings is 3. The van der Waals surface area contributed by atoms with E-state index in [0.29, 0.717) is 16.9 Å². The fourth-order valence-electron chi connectivity index (χ4n) is 3.59. The van der Waals surface area contributed by atoms with Crippen LogP contribution in [0.15, 0.2) is 114 Å². The SMILES string of the molecule is CN(C)c1ccc(/C=C(\NC(=O)c2ccccc2)C(=O)Nc2ccc(SCC(=O)Nc3ccncc3)cc2)cc1. The van der Waals surface area contributed by atoms with Crippen molar-refractivity contribution in [1.29, 1.82) is 0 Å². The Kier molecular flexibility index (Phi) is 9.68. The number of hydrogen-bond acceptors (Lipinski definition) is 6. The number of amides is 3. The number of carbonyl (C=O) groups excluding carboxylic acids is 3. The van der Waals surface area contributed by atoms with E-state index in [1.54, 1.807) is 67.0 Å². The molecule has 3 N–H and O–H groups in total. The lowest BCUT2D eigenvalue weighted by Gasteiger charge is -2.13. The van der Waals surface area contributed by atoms with Crippen molar-refractivity contribution in [1.82, 2.24) is 10.3 Å². The maximum atomic E-state index is 13.3. The lowest BCUT2D eigenvalue weighted by Crippen LogP contribution is -2.30. The Morgan fingerprint density at radius 2 is 1.45 bits per heavy atom. The number of nitrogens with one attached hydrogen (secondary N) is 3. The summed E-state index contributed by atoms with van der Waals surface area (Å²) in [5.41, 5.74) is 3.58. The van der Waals surface area contributed by atoms with E-state index in [-0.39, 0.29) is 23.3 Å². The van der Waals surface area contributed by atoms with E-state index in [2.05, 4.69) is 20.9 Å². The summed E-state index contributed by atoms with van der Waals surface area (Å²) < 4.78 is 0. The molecule has 0 bridgehead atoms. The van der Waals surface area contributed by atoms with Crippen molar-refractivity contribution < 1.29 is 14.4 Å². The van der Waals surface area contributed by atoms with E-state index >= 15 is 0 Å². The van der Waals surface area contributed by atoms with E-state index in [9.17, 15) is 14.4 Å². The first-order valence-electron chi connectivity index (χ1n) is 12.5. The number of rotatable bonds is 10. The molecule has 8 nitrogen and oxygen atoms in total. The van der Waals surface area contributed by atoms with Gasteiger partial charge in [0, 0.05) is 54.0 Å². The van der Waals surface area contributed by atoms with Crippen LogP contribution in [-0.2, 0) is 9.59 Å². The second-order valence-corrected chi connectivity index (χ2v) is 9.96. The average molecular weight is 552 g/mol. The van der Waals surface area contributed by atoms with Gasteiger partial charge in [0.05, 0.1) is 5.75 Å². The van der Waals surface area contributed by atoms with Gasteiger partial charge in [-0.3, -0.25) is 19.4 Å². The number of carbonyl (C=O) groups is 3. The molecule has 0 saturated carbocycles. The van der Waals surface area contributed by atoms with Crippen LogP contribution >= 0.6 is 11.8 Å². The normalized spacial score (nSPS) is 10.9. The van der Waals surface area contributed by atoms with E-state index in [1.165, 1.54) is 11.8 Å². The van der Waals surface area contributed by atoms with Gasteiger partial charge in [-0.15, -0.1) is 11.8 Å². The Bertz CT molecular complexity index is 1470. The molecule has 0 radical (unpaired) electrons. The summed E-state index contributed by atoms with van der Waals surface area (Å²) >= 11 is 1.38. The van der Waals surface area contributed by atoms with Crippen molar-refractivity contribution in [3.63, 3.8) is 0 Å². The van der Waals surface area contributed by atoms with E-state index in [4.69, 9.17) is 0 Å². The molecule has 4 aromatic rings. The number of pyridine rings is 1. The van der Waals surface area contributed by atoms with Gasteiger partial charge in [-0.25, -0.2) is 0 Å². The molecule has 40 heavy (non-hydrogen) atoms. The molecule has 0 atom stereocenters. The predicted octanol–water partition coefficient (Wildman–Crippen LogP) is 5.29. The number of hydrogen-bond donors (Lipinski definition) is 3. The van der Waals surface area contributed by atoms with E-state index in [1.807, 2.05) is 61.5 Å². The third-order valence-electron chi connectivity index (χ3n) is 5.70. The van der Waals surface area contributed by atoms with Gasteiger partial charge in [-0.2, -0.15) is 0 Å². The van der Waals surface area contributed by atoms with Gasteiger partial charge < -0.3 is 20.9 Å². The molecule has 1 aromatic heterocycles. The van der Waals surface area contributed by atoms with Crippen LogP contribution in [0.1, 0.15) is 15.9 Å². The lowest BCUT2D eigenvalue weighted by molar-refractivity contribution is -0.114. The second-order valence-electron chi connectivity index (χ2n) is 8.92. The van der Waals surface area contributed by atoms with Crippen LogP contribution in [0.25, 0.3) is 6.08 Å². The zero-order valence-electron chi connectivity index (χ0n) is 22.1. The zero-order valence-corrected chi connectivity index (χ0v) is 22.9. The maximum Gasteiger partial charge on any atom is 0.272 e. The largest absolute Gasteiger partial charge is 0.378 e. The molecule has 0 unspecified atom stereocenters. The van der Waals surface area contributed by atoms with E-state index in [0.717, 1.165) is 16.1 Å². The van der Waals surface area contributed by atoms with Crippen LogP contribution in [0.4, 0.5) is 17.1 Å². The molecule has 3 amide bonds. The van der Waals surface area contributed by atoms with E-state index < -0.39 is 5.91 Å². The first-order valence-corrected chi connectivity index (χ1v) is 13.5. The summed E-state index contributed by atoms with van der Waals surface area (Å²) in [7, 11) is 3.90. The Balaban J connectivity index is 1.43. The third kappa shape index (κ3) is 8.31. The highest BCUT2D eigenvalue weighted by Gasteiger charge is 2.15. The fraction of sp³-hybridized carbons (Fsp3) is 0.0968. The highest BCUT2D eigenvalue weighted by Crippen LogP contribution is 2.21. The maximum absolute atomic E-state index is 13.3. The Morgan fingerprint density at radius 3 is 2.10 bits per heavy atom. The van der Waals surface area contributed by atoms with Crippen molar-refractivity contribution in [2.45, 2.75) is 4.90 Å².